The molecule has 2 heterocycles. The lowest BCUT2D eigenvalue weighted by Gasteiger charge is -1.85. The normalized spacial score (nSPS) is 10.7. The van der Waals surface area contributed by atoms with E-state index in [1.54, 1.807) is 0 Å². The Morgan fingerprint density at radius 3 is 2.27 bits per heavy atom. The number of aryl methyl sites for hydroxylation is 1. The zero-order chi connectivity index (χ0) is 11.4. The zero-order valence-corrected chi connectivity index (χ0v) is 10.3. The number of rotatable bonds is 4. The predicted octanol–water partition coefficient (Wildman–Crippen LogP) is 2.64. The molecular formula is C11H17ClN2O. The van der Waals surface area contributed by atoms with Gasteiger partial charge in [-0.1, -0.05) is 19.8 Å². The quantitative estimate of drug-likeness (QED) is 0.458. The molecule has 84 valence electrons. The number of hydrogen-bond donors (Lipinski definition) is 0. The van der Waals surface area contributed by atoms with Crippen molar-refractivity contribution in [2.75, 3.05) is 5.88 Å². The van der Waals surface area contributed by atoms with Gasteiger partial charge in [0.05, 0.1) is 0 Å². The maximum Gasteiger partial charge on any atom is 0.180 e. The zero-order valence-electron chi connectivity index (χ0n) is 9.51. The summed E-state index contributed by atoms with van der Waals surface area (Å²) in [6.45, 7) is 3.71. The lowest BCUT2D eigenvalue weighted by molar-refractivity contribution is 0.101. The fourth-order valence-corrected chi connectivity index (χ4v) is 1.51. The Balaban J connectivity index is 0.000000167. The van der Waals surface area contributed by atoms with E-state index in [0.29, 0.717) is 5.69 Å². The van der Waals surface area contributed by atoms with Crippen molar-refractivity contribution in [3.63, 3.8) is 0 Å². The number of aromatic nitrogens is 2. The molecule has 0 N–H and O–H groups in total. The third-order valence-corrected chi connectivity index (χ3v) is 2.59. The van der Waals surface area contributed by atoms with E-state index in [1.807, 2.05) is 11.6 Å². The number of nitrogens with zero attached hydrogens (tertiary/aromatic N) is 2. The van der Waals surface area contributed by atoms with E-state index in [-0.39, 0.29) is 5.78 Å². The van der Waals surface area contributed by atoms with E-state index in [1.165, 1.54) is 26.2 Å². The van der Waals surface area contributed by atoms with Crippen LogP contribution in [0.15, 0.2) is 0 Å². The number of ketones is 1. The SMILES string of the molecule is CC(=O)c1nc2n(C)c1=2.CCCCCCl. The molecule has 0 aromatic rings. The van der Waals surface area contributed by atoms with Gasteiger partial charge in [-0.25, -0.2) is 4.98 Å². The molecule has 0 aromatic heterocycles. The highest BCUT2D eigenvalue weighted by molar-refractivity contribution is 6.17. The summed E-state index contributed by atoms with van der Waals surface area (Å²) in [5.74, 6) is 0.895. The van der Waals surface area contributed by atoms with Crippen LogP contribution in [-0.2, 0) is 7.05 Å². The minimum Gasteiger partial charge on any atom is -0.323 e. The Kier molecular flexibility index (Phi) is 4.33. The molecule has 0 saturated carbocycles. The highest BCUT2D eigenvalue weighted by Gasteiger charge is 2.20. The molecule has 0 fully saturated rings. The van der Waals surface area contributed by atoms with Crippen molar-refractivity contribution in [2.45, 2.75) is 33.1 Å². The van der Waals surface area contributed by atoms with Gasteiger partial charge in [0.15, 0.2) is 11.3 Å². The van der Waals surface area contributed by atoms with Crippen molar-refractivity contribution in [2.24, 2.45) is 7.05 Å². The molecule has 15 heavy (non-hydrogen) atoms. The predicted molar refractivity (Wildman–Crippen MR) is 61.1 cm³/mol. The average molecular weight is 229 g/mol. The molecule has 2 rings (SSSR count). The molecule has 0 amide bonds. The first-order valence-corrected chi connectivity index (χ1v) is 5.80. The molecule has 2 aliphatic heterocycles. The van der Waals surface area contributed by atoms with Crippen LogP contribution in [0.5, 0.6) is 0 Å². The minimum absolute atomic E-state index is 0.0677. The van der Waals surface area contributed by atoms with Crippen LogP contribution >= 0.6 is 11.6 Å². The van der Waals surface area contributed by atoms with Crippen molar-refractivity contribution in [3.8, 4) is 0 Å². The van der Waals surface area contributed by atoms with Gasteiger partial charge in [-0.2, -0.15) is 0 Å². The second kappa shape index (κ2) is 5.31. The molecule has 0 saturated heterocycles. The molecule has 0 atom stereocenters. The van der Waals surface area contributed by atoms with Crippen molar-refractivity contribution in [3.05, 3.63) is 16.5 Å². The molecule has 0 aliphatic carbocycles. The third kappa shape index (κ3) is 2.81. The monoisotopic (exact) mass is 228 g/mol. The molecule has 0 spiro atoms. The van der Waals surface area contributed by atoms with Crippen molar-refractivity contribution >= 4 is 17.4 Å². The van der Waals surface area contributed by atoms with Gasteiger partial charge in [-0.3, -0.25) is 4.79 Å². The number of unbranched alkanes of at least 4 members (excludes halogenated alkanes) is 2. The van der Waals surface area contributed by atoms with E-state index < -0.39 is 0 Å². The second-order valence-electron chi connectivity index (χ2n) is 3.64. The summed E-state index contributed by atoms with van der Waals surface area (Å²) in [5.41, 5.74) is 1.63. The molecule has 0 unspecified atom stereocenters. The summed E-state index contributed by atoms with van der Waals surface area (Å²) < 4.78 is 1.91. The standard InChI is InChI=1S/C6H6N2O.C5H11Cl/c1-3(9)4-5-6(7-4)8(5)2;1-2-3-4-5-6/h1-2H3;2-5H2,1H3. The average Bonchev–Trinajstić information content (AvgIpc) is 2.62. The summed E-state index contributed by atoms with van der Waals surface area (Å²) in [6.07, 6.45) is 3.73. The van der Waals surface area contributed by atoms with E-state index in [9.17, 15) is 4.79 Å². The number of carbonyl (C=O) groups is 1. The minimum atomic E-state index is 0.0677. The molecular weight excluding hydrogens is 212 g/mol. The number of hydrogen-bond acceptors (Lipinski definition) is 2. The molecule has 4 heteroatoms. The number of carbonyl (C=O) groups excluding carboxylic acids is 1. The van der Waals surface area contributed by atoms with Crippen LogP contribution < -0.4 is 0 Å². The van der Waals surface area contributed by atoms with Crippen molar-refractivity contribution in [1.29, 1.82) is 0 Å². The number of imidazole rings is 1. The van der Waals surface area contributed by atoms with Crippen molar-refractivity contribution < 1.29 is 4.79 Å². The lowest BCUT2D eigenvalue weighted by Crippen LogP contribution is -1.97. The third-order valence-electron chi connectivity index (χ3n) is 2.33. The Bertz CT molecular complexity index is 432. The van der Waals surface area contributed by atoms with Gasteiger partial charge in [-0.05, 0) is 6.42 Å². The summed E-state index contributed by atoms with van der Waals surface area (Å²) in [4.78, 5) is 14.6. The molecule has 2 aliphatic rings. The van der Waals surface area contributed by atoms with Gasteiger partial charge in [0.25, 0.3) is 0 Å². The first kappa shape index (κ1) is 12.2. The van der Waals surface area contributed by atoms with Gasteiger partial charge in [0.1, 0.15) is 11.0 Å². The van der Waals surface area contributed by atoms with Crippen LogP contribution in [0, 0.1) is 10.8 Å². The van der Waals surface area contributed by atoms with E-state index in [0.717, 1.165) is 16.7 Å². The lowest BCUT2D eigenvalue weighted by atomic mass is 10.3. The Morgan fingerprint density at radius 1 is 1.47 bits per heavy atom. The van der Waals surface area contributed by atoms with Crippen LogP contribution in [0.4, 0.5) is 0 Å². The molecule has 3 nitrogen and oxygen atoms in total. The largest absolute Gasteiger partial charge is 0.323 e. The van der Waals surface area contributed by atoms with Gasteiger partial charge in [0.2, 0.25) is 0 Å². The van der Waals surface area contributed by atoms with E-state index in [4.69, 9.17) is 11.6 Å². The number of halogens is 1. The van der Waals surface area contributed by atoms with Crippen LogP contribution in [0.1, 0.15) is 43.6 Å². The smallest absolute Gasteiger partial charge is 0.180 e. The molecule has 0 bridgehead atoms. The van der Waals surface area contributed by atoms with Crippen molar-refractivity contribution in [1.82, 2.24) is 9.55 Å². The van der Waals surface area contributed by atoms with Gasteiger partial charge in [0, 0.05) is 19.9 Å². The summed E-state index contributed by atoms with van der Waals surface area (Å²) in [7, 11) is 1.91. The highest BCUT2D eigenvalue weighted by Crippen LogP contribution is 2.13. The number of alkyl halides is 1. The summed E-state index contributed by atoms with van der Waals surface area (Å²) >= 11 is 5.38. The van der Waals surface area contributed by atoms with E-state index in [2.05, 4.69) is 11.9 Å². The first-order chi connectivity index (χ1) is 7.13. The maximum atomic E-state index is 10.6. The van der Waals surface area contributed by atoms with Crippen LogP contribution in [0.3, 0.4) is 0 Å². The van der Waals surface area contributed by atoms with Crippen LogP contribution in [0.25, 0.3) is 0 Å². The summed E-state index contributed by atoms with van der Waals surface area (Å²) in [6, 6.07) is 0. The van der Waals surface area contributed by atoms with Gasteiger partial charge in [-0.15, -0.1) is 11.6 Å². The van der Waals surface area contributed by atoms with Gasteiger partial charge >= 0.3 is 0 Å². The van der Waals surface area contributed by atoms with Crippen LogP contribution in [-0.4, -0.2) is 21.2 Å². The Morgan fingerprint density at radius 2 is 2.13 bits per heavy atom. The number of Topliss-reactive ketones (excluding diaryl/α,β-unsaturated/α-hetero) is 1. The fraction of sp³-hybridized carbons (Fsp3) is 0.636. The van der Waals surface area contributed by atoms with E-state index >= 15 is 0 Å². The fourth-order valence-electron chi connectivity index (χ4n) is 1.32. The topological polar surface area (TPSA) is 34.9 Å². The molecule has 0 radical (unpaired) electrons. The van der Waals surface area contributed by atoms with Crippen LogP contribution in [0.2, 0.25) is 0 Å². The molecule has 0 aromatic carbocycles. The second-order valence-corrected chi connectivity index (χ2v) is 4.02. The van der Waals surface area contributed by atoms with Gasteiger partial charge < -0.3 is 4.57 Å². The maximum absolute atomic E-state index is 10.6. The Hall–Kier alpha value is -0.830. The first-order valence-electron chi connectivity index (χ1n) is 5.27. The highest BCUT2D eigenvalue weighted by atomic mass is 35.5. The summed E-state index contributed by atoms with van der Waals surface area (Å²) in [5, 5.41) is 1.04. The Labute approximate surface area is 94.8 Å².